The molecule has 1 saturated heterocycles. The summed E-state index contributed by atoms with van der Waals surface area (Å²) in [7, 11) is -1.61. The Bertz CT molecular complexity index is 1080. The van der Waals surface area contributed by atoms with Crippen LogP contribution in [0.15, 0.2) is 29.1 Å². The number of hydrogen-bond acceptors (Lipinski definition) is 8. The molecule has 1 aromatic heterocycles. The number of carbonyl (C=O) groups is 1. The summed E-state index contributed by atoms with van der Waals surface area (Å²) in [6.45, 7) is 1.30. The molecule has 2 aromatic rings. The first-order chi connectivity index (χ1) is 15.2. The van der Waals surface area contributed by atoms with E-state index in [9.17, 15) is 28.2 Å². The Morgan fingerprint density at radius 1 is 1.22 bits per heavy atom. The fraction of sp³-hybridized carbons (Fsp3) is 0.450. The number of hydrogen-bond donors (Lipinski definition) is 4. The lowest BCUT2D eigenvalue weighted by atomic mass is 10.1. The molecule has 32 heavy (non-hydrogen) atoms. The van der Waals surface area contributed by atoms with Gasteiger partial charge in [0, 0.05) is 33.2 Å². The van der Waals surface area contributed by atoms with Gasteiger partial charge in [0.15, 0.2) is 5.69 Å². The molecular formula is C20H26FN5O5S. The number of aromatic hydroxyl groups is 1. The highest BCUT2D eigenvalue weighted by molar-refractivity contribution is 8.20. The number of aromatic nitrogens is 2. The first-order valence-electron chi connectivity index (χ1n) is 10.3. The third kappa shape index (κ3) is 4.11. The maximum Gasteiger partial charge on any atom is 0.296 e. The molecule has 1 aromatic carbocycles. The summed E-state index contributed by atoms with van der Waals surface area (Å²) < 4.78 is 38.8. The average molecular weight is 468 g/mol. The van der Waals surface area contributed by atoms with Crippen molar-refractivity contribution in [2.24, 2.45) is 0 Å². The lowest BCUT2D eigenvalue weighted by molar-refractivity contribution is 0.0940. The van der Waals surface area contributed by atoms with Crippen molar-refractivity contribution < 1.29 is 23.4 Å². The van der Waals surface area contributed by atoms with Crippen LogP contribution >= 0.6 is 11.0 Å². The van der Waals surface area contributed by atoms with Gasteiger partial charge in [-0.15, -0.1) is 0 Å². The van der Waals surface area contributed by atoms with Crippen LogP contribution in [0.2, 0.25) is 0 Å². The number of nitrogens with zero attached hydrogens (tertiary/aromatic N) is 4. The van der Waals surface area contributed by atoms with Crippen LogP contribution in [0.1, 0.15) is 47.2 Å². The van der Waals surface area contributed by atoms with Crippen LogP contribution in [0, 0.1) is 5.82 Å². The highest BCUT2D eigenvalue weighted by atomic mass is 32.3. The number of halogens is 1. The maximum absolute atomic E-state index is 13.1. The van der Waals surface area contributed by atoms with Gasteiger partial charge in [-0.2, -0.15) is 8.61 Å². The second kappa shape index (κ2) is 8.79. The monoisotopic (exact) mass is 467 g/mol. The molecule has 2 aliphatic heterocycles. The number of rotatable bonds is 4. The quantitative estimate of drug-likeness (QED) is 0.538. The van der Waals surface area contributed by atoms with Crippen molar-refractivity contribution in [3.63, 3.8) is 0 Å². The van der Waals surface area contributed by atoms with Crippen molar-refractivity contribution in [3.8, 4) is 5.75 Å². The van der Waals surface area contributed by atoms with Crippen LogP contribution in [0.3, 0.4) is 0 Å². The van der Waals surface area contributed by atoms with E-state index < -0.39 is 45.7 Å². The van der Waals surface area contributed by atoms with Gasteiger partial charge in [0.2, 0.25) is 5.75 Å². The molecule has 10 nitrogen and oxygen atoms in total. The van der Waals surface area contributed by atoms with E-state index >= 15 is 0 Å². The minimum atomic E-state index is -3.23. The Morgan fingerprint density at radius 3 is 2.66 bits per heavy atom. The highest BCUT2D eigenvalue weighted by Crippen LogP contribution is 2.54. The van der Waals surface area contributed by atoms with E-state index in [1.807, 2.05) is 0 Å². The van der Waals surface area contributed by atoms with Gasteiger partial charge in [-0.1, -0.05) is 23.1 Å². The van der Waals surface area contributed by atoms with Crippen LogP contribution in [0.5, 0.6) is 5.75 Å². The van der Waals surface area contributed by atoms with Gasteiger partial charge in [0.1, 0.15) is 11.6 Å². The van der Waals surface area contributed by atoms with Crippen LogP contribution < -0.4 is 10.9 Å². The van der Waals surface area contributed by atoms with E-state index in [-0.39, 0.29) is 12.4 Å². The summed E-state index contributed by atoms with van der Waals surface area (Å²) in [4.78, 5) is 29.9. The summed E-state index contributed by atoms with van der Waals surface area (Å²) in [6, 6.07) is 4.97. The van der Waals surface area contributed by atoms with Crippen molar-refractivity contribution in [1.29, 1.82) is 0 Å². The Balaban J connectivity index is 1.65. The van der Waals surface area contributed by atoms with Crippen LogP contribution in [-0.2, 0) is 13.1 Å². The first-order valence-corrected chi connectivity index (χ1v) is 11.8. The molecule has 2 aliphatic rings. The zero-order valence-corrected chi connectivity index (χ0v) is 18.4. The molecule has 1 fully saturated rings. The minimum absolute atomic E-state index is 0.0551. The van der Waals surface area contributed by atoms with Crippen LogP contribution in [0.4, 0.5) is 4.39 Å². The average Bonchev–Trinajstić information content (AvgIpc) is 2.77. The molecule has 0 spiro atoms. The van der Waals surface area contributed by atoms with Gasteiger partial charge >= 0.3 is 0 Å². The fourth-order valence-corrected chi connectivity index (χ4v) is 5.75. The standard InChI is InChI=1S/C20H26FN5O5S/c1-24-9-3-11-26(32(24,30)31)15-4-2-10-25-18(15)23-16(17(27)20(25)29)19(28)22-12-13-5-7-14(21)8-6-13/h5-8,15,27,30-31H,2-4,9-12H2,1H3,(H,22,28). The van der Waals surface area contributed by atoms with Crippen LogP contribution in [-0.4, -0.2) is 58.4 Å². The van der Waals surface area contributed by atoms with Gasteiger partial charge in [-0.25, -0.2) is 9.37 Å². The Labute approximate surface area is 185 Å². The largest absolute Gasteiger partial charge is 0.501 e. The molecule has 1 atom stereocenters. The summed E-state index contributed by atoms with van der Waals surface area (Å²) >= 11 is 0. The molecule has 12 heteroatoms. The molecule has 1 unspecified atom stereocenters. The molecular weight excluding hydrogens is 441 g/mol. The van der Waals surface area contributed by atoms with E-state index in [1.54, 1.807) is 7.05 Å². The van der Waals surface area contributed by atoms with E-state index in [1.165, 1.54) is 37.4 Å². The van der Waals surface area contributed by atoms with Crippen molar-refractivity contribution in [2.45, 2.75) is 38.4 Å². The topological polar surface area (TPSA) is 131 Å². The lowest BCUT2D eigenvalue weighted by Gasteiger charge is -2.54. The SMILES string of the molecule is CN1CCCN(C2CCCn3c2nc(C(=O)NCc2ccc(F)cc2)c(O)c3=O)S1(O)O. The second-order valence-electron chi connectivity index (χ2n) is 7.93. The number of fused-ring (bicyclic) bond motifs is 1. The predicted octanol–water partition coefficient (Wildman–Crippen LogP) is 2.07. The zero-order chi connectivity index (χ0) is 23.0. The molecule has 4 rings (SSSR count). The first kappa shape index (κ1) is 22.7. The van der Waals surface area contributed by atoms with Crippen molar-refractivity contribution in [2.75, 3.05) is 20.1 Å². The predicted molar refractivity (Wildman–Crippen MR) is 117 cm³/mol. The Kier molecular flexibility index (Phi) is 6.23. The van der Waals surface area contributed by atoms with Gasteiger partial charge in [-0.3, -0.25) is 23.3 Å². The van der Waals surface area contributed by atoms with Crippen molar-refractivity contribution >= 4 is 16.9 Å². The van der Waals surface area contributed by atoms with E-state index in [0.29, 0.717) is 44.5 Å². The van der Waals surface area contributed by atoms with Gasteiger partial charge in [-0.05, 0) is 37.0 Å². The van der Waals surface area contributed by atoms with Gasteiger partial charge in [0.25, 0.3) is 11.5 Å². The molecule has 174 valence electrons. The Hall–Kier alpha value is -2.51. The summed E-state index contributed by atoms with van der Waals surface area (Å²) in [5, 5.41) is 13.0. The summed E-state index contributed by atoms with van der Waals surface area (Å²) in [6.07, 6.45) is 1.82. The second-order valence-corrected chi connectivity index (χ2v) is 10.00. The van der Waals surface area contributed by atoms with E-state index in [0.717, 1.165) is 0 Å². The minimum Gasteiger partial charge on any atom is -0.501 e. The number of carbonyl (C=O) groups excluding carboxylic acids is 1. The van der Waals surface area contributed by atoms with E-state index in [4.69, 9.17) is 0 Å². The van der Waals surface area contributed by atoms with E-state index in [2.05, 4.69) is 10.3 Å². The normalized spacial score (nSPS) is 22.2. The number of nitrogens with one attached hydrogen (secondary N) is 1. The maximum atomic E-state index is 13.1. The van der Waals surface area contributed by atoms with Crippen LogP contribution in [0.25, 0.3) is 0 Å². The number of benzene rings is 1. The Morgan fingerprint density at radius 2 is 1.94 bits per heavy atom. The lowest BCUT2D eigenvalue weighted by Crippen LogP contribution is -2.48. The van der Waals surface area contributed by atoms with Crippen molar-refractivity contribution in [1.82, 2.24) is 23.5 Å². The molecule has 0 radical (unpaired) electrons. The smallest absolute Gasteiger partial charge is 0.296 e. The third-order valence-corrected chi connectivity index (χ3v) is 7.93. The molecule has 0 saturated carbocycles. The molecule has 1 amide bonds. The molecule has 0 aliphatic carbocycles. The highest BCUT2D eigenvalue weighted by Gasteiger charge is 2.41. The number of amides is 1. The van der Waals surface area contributed by atoms with Crippen molar-refractivity contribution in [3.05, 3.63) is 57.5 Å². The summed E-state index contributed by atoms with van der Waals surface area (Å²) in [5.74, 6) is -1.68. The van der Waals surface area contributed by atoms with Gasteiger partial charge in [0.05, 0.1) is 6.04 Å². The third-order valence-electron chi connectivity index (χ3n) is 5.85. The fourth-order valence-electron chi connectivity index (χ4n) is 4.10. The summed E-state index contributed by atoms with van der Waals surface area (Å²) in [5.41, 5.74) is -0.525. The molecule has 4 N–H and O–H groups in total. The molecule has 0 bridgehead atoms. The molecule has 3 heterocycles. The zero-order valence-electron chi connectivity index (χ0n) is 17.6. The van der Waals surface area contributed by atoms with Gasteiger partial charge < -0.3 is 10.4 Å².